The third kappa shape index (κ3) is 5.02. The van der Waals surface area contributed by atoms with Crippen molar-refractivity contribution in [1.82, 2.24) is 10.2 Å². The standard InChI is InChI=1S/C19H32N2OS/c1-15(14-18(22)19-8-5-13-23-19)20-16-9-11-21(12-10-16)17-6-3-2-4-7-17/h5,8,13,15-18,20,22H,2-4,6-7,9-12,14H2,1H3. The molecule has 4 heteroatoms. The van der Waals surface area contributed by atoms with Crippen LogP contribution in [0.4, 0.5) is 0 Å². The molecule has 1 aromatic rings. The lowest BCUT2D eigenvalue weighted by Gasteiger charge is -2.40. The van der Waals surface area contributed by atoms with Crippen LogP contribution >= 0.6 is 11.3 Å². The lowest BCUT2D eigenvalue weighted by atomic mass is 9.92. The Hall–Kier alpha value is -0.420. The van der Waals surface area contributed by atoms with Gasteiger partial charge in [-0.15, -0.1) is 11.3 Å². The van der Waals surface area contributed by atoms with Gasteiger partial charge in [0.25, 0.3) is 0 Å². The fraction of sp³-hybridized carbons (Fsp3) is 0.789. The first kappa shape index (κ1) is 17.4. The molecule has 0 spiro atoms. The minimum Gasteiger partial charge on any atom is -0.388 e. The van der Waals surface area contributed by atoms with Crippen LogP contribution in [0.3, 0.4) is 0 Å². The molecular weight excluding hydrogens is 304 g/mol. The zero-order valence-corrected chi connectivity index (χ0v) is 15.2. The molecule has 2 unspecified atom stereocenters. The maximum Gasteiger partial charge on any atom is 0.0896 e. The van der Waals surface area contributed by atoms with Gasteiger partial charge >= 0.3 is 0 Å². The normalized spacial score (nSPS) is 24.6. The minimum absolute atomic E-state index is 0.320. The highest BCUT2D eigenvalue weighted by Gasteiger charge is 2.27. The predicted molar refractivity (Wildman–Crippen MR) is 98.0 cm³/mol. The molecule has 0 amide bonds. The van der Waals surface area contributed by atoms with Gasteiger partial charge in [0, 0.05) is 23.0 Å². The van der Waals surface area contributed by atoms with Gasteiger partial charge in [0.2, 0.25) is 0 Å². The van der Waals surface area contributed by atoms with Crippen LogP contribution in [0.2, 0.25) is 0 Å². The fourth-order valence-corrected chi connectivity index (χ4v) is 5.00. The third-order valence-corrected chi connectivity index (χ3v) is 6.56. The number of hydrogen-bond acceptors (Lipinski definition) is 4. The van der Waals surface area contributed by atoms with Crippen molar-refractivity contribution in [2.24, 2.45) is 0 Å². The second kappa shape index (κ2) is 8.61. The maximum atomic E-state index is 10.3. The van der Waals surface area contributed by atoms with Gasteiger partial charge in [-0.05, 0) is 63.6 Å². The monoisotopic (exact) mass is 336 g/mol. The van der Waals surface area contributed by atoms with Crippen LogP contribution in [-0.4, -0.2) is 41.2 Å². The summed E-state index contributed by atoms with van der Waals surface area (Å²) >= 11 is 1.65. The second-order valence-corrected chi connectivity index (χ2v) is 8.42. The van der Waals surface area contributed by atoms with Crippen LogP contribution in [-0.2, 0) is 0 Å². The Morgan fingerprint density at radius 2 is 1.96 bits per heavy atom. The van der Waals surface area contributed by atoms with Gasteiger partial charge in [-0.25, -0.2) is 0 Å². The highest BCUT2D eigenvalue weighted by molar-refractivity contribution is 7.10. The lowest BCUT2D eigenvalue weighted by Crippen LogP contribution is -2.49. The number of piperidine rings is 1. The Morgan fingerprint density at radius 1 is 1.22 bits per heavy atom. The van der Waals surface area contributed by atoms with Crippen molar-refractivity contribution in [1.29, 1.82) is 0 Å². The van der Waals surface area contributed by atoms with Crippen molar-refractivity contribution in [2.45, 2.75) is 82.5 Å². The van der Waals surface area contributed by atoms with E-state index < -0.39 is 0 Å². The summed E-state index contributed by atoms with van der Waals surface area (Å²) in [6.45, 7) is 4.72. The molecule has 1 aliphatic carbocycles. The highest BCUT2D eigenvalue weighted by atomic mass is 32.1. The van der Waals surface area contributed by atoms with E-state index in [1.54, 1.807) is 11.3 Å². The average Bonchev–Trinajstić information content (AvgIpc) is 3.11. The van der Waals surface area contributed by atoms with Crippen LogP contribution in [0.25, 0.3) is 0 Å². The molecule has 2 fully saturated rings. The fourth-order valence-electron chi connectivity index (χ4n) is 4.28. The molecule has 0 bridgehead atoms. The van der Waals surface area contributed by atoms with Gasteiger partial charge in [0.15, 0.2) is 0 Å². The summed E-state index contributed by atoms with van der Waals surface area (Å²) < 4.78 is 0. The molecular formula is C19H32N2OS. The van der Waals surface area contributed by atoms with E-state index in [0.717, 1.165) is 17.3 Å². The first-order chi connectivity index (χ1) is 11.2. The van der Waals surface area contributed by atoms with Crippen LogP contribution in [0.15, 0.2) is 17.5 Å². The summed E-state index contributed by atoms with van der Waals surface area (Å²) in [4.78, 5) is 3.83. The Labute approximate surface area is 145 Å². The molecule has 2 N–H and O–H groups in total. The Kier molecular flexibility index (Phi) is 6.52. The number of nitrogens with zero attached hydrogens (tertiary/aromatic N) is 1. The summed E-state index contributed by atoms with van der Waals surface area (Å²) in [5, 5.41) is 16.1. The van der Waals surface area contributed by atoms with E-state index in [1.807, 2.05) is 17.5 Å². The largest absolute Gasteiger partial charge is 0.388 e. The molecule has 1 aromatic heterocycles. The predicted octanol–water partition coefficient (Wildman–Crippen LogP) is 3.95. The number of rotatable bonds is 6. The van der Waals surface area contributed by atoms with E-state index in [4.69, 9.17) is 0 Å². The minimum atomic E-state index is -0.320. The lowest BCUT2D eigenvalue weighted by molar-refractivity contribution is 0.107. The molecule has 2 aliphatic rings. The molecule has 2 atom stereocenters. The molecule has 1 saturated heterocycles. The second-order valence-electron chi connectivity index (χ2n) is 7.44. The number of nitrogens with one attached hydrogen (secondary N) is 1. The van der Waals surface area contributed by atoms with Crippen molar-refractivity contribution in [3.63, 3.8) is 0 Å². The van der Waals surface area contributed by atoms with Crippen molar-refractivity contribution in [2.75, 3.05) is 13.1 Å². The molecule has 130 valence electrons. The van der Waals surface area contributed by atoms with Gasteiger partial charge in [-0.1, -0.05) is 25.3 Å². The quantitative estimate of drug-likeness (QED) is 0.826. The van der Waals surface area contributed by atoms with Crippen molar-refractivity contribution >= 4 is 11.3 Å². The molecule has 3 rings (SSSR count). The smallest absolute Gasteiger partial charge is 0.0896 e. The zero-order valence-electron chi connectivity index (χ0n) is 14.4. The Bertz CT molecular complexity index is 436. The number of aliphatic hydroxyl groups excluding tert-OH is 1. The van der Waals surface area contributed by atoms with Crippen molar-refractivity contribution in [3.05, 3.63) is 22.4 Å². The van der Waals surface area contributed by atoms with E-state index in [-0.39, 0.29) is 6.10 Å². The molecule has 1 aliphatic heterocycles. The molecule has 1 saturated carbocycles. The van der Waals surface area contributed by atoms with E-state index in [0.29, 0.717) is 12.1 Å². The average molecular weight is 337 g/mol. The van der Waals surface area contributed by atoms with Gasteiger partial charge in [0.05, 0.1) is 6.10 Å². The van der Waals surface area contributed by atoms with Gasteiger partial charge in [-0.2, -0.15) is 0 Å². The van der Waals surface area contributed by atoms with Gasteiger partial charge in [-0.3, -0.25) is 0 Å². The van der Waals surface area contributed by atoms with E-state index in [9.17, 15) is 5.11 Å². The number of thiophene rings is 1. The highest BCUT2D eigenvalue weighted by Crippen LogP contribution is 2.26. The van der Waals surface area contributed by atoms with Gasteiger partial charge in [0.1, 0.15) is 0 Å². The van der Waals surface area contributed by atoms with Crippen LogP contribution in [0.5, 0.6) is 0 Å². The summed E-state index contributed by atoms with van der Waals surface area (Å²) in [6, 6.07) is 5.91. The molecule has 0 radical (unpaired) electrons. The number of aliphatic hydroxyl groups is 1. The first-order valence-electron chi connectivity index (χ1n) is 9.44. The number of likely N-dealkylation sites (tertiary alicyclic amines) is 1. The topological polar surface area (TPSA) is 35.5 Å². The van der Waals surface area contributed by atoms with Crippen molar-refractivity contribution < 1.29 is 5.11 Å². The maximum absolute atomic E-state index is 10.3. The van der Waals surface area contributed by atoms with Crippen molar-refractivity contribution in [3.8, 4) is 0 Å². The third-order valence-electron chi connectivity index (χ3n) is 5.59. The Morgan fingerprint density at radius 3 is 2.61 bits per heavy atom. The summed E-state index contributed by atoms with van der Waals surface area (Å²) in [7, 11) is 0. The molecule has 2 heterocycles. The molecule has 0 aromatic carbocycles. The summed E-state index contributed by atoms with van der Waals surface area (Å²) in [6.07, 6.45) is 10.2. The Balaban J connectivity index is 1.38. The number of hydrogen-bond donors (Lipinski definition) is 2. The van der Waals surface area contributed by atoms with Gasteiger partial charge < -0.3 is 15.3 Å². The zero-order chi connectivity index (χ0) is 16.1. The summed E-state index contributed by atoms with van der Waals surface area (Å²) in [5.74, 6) is 0. The van der Waals surface area contributed by atoms with E-state index >= 15 is 0 Å². The van der Waals surface area contributed by atoms with Crippen LogP contribution in [0.1, 0.15) is 69.3 Å². The summed E-state index contributed by atoms with van der Waals surface area (Å²) in [5.41, 5.74) is 0. The van der Waals surface area contributed by atoms with Crippen LogP contribution in [0, 0.1) is 0 Å². The SMILES string of the molecule is CC(CC(O)c1cccs1)NC1CCN(C2CCCCC2)CC1. The molecule has 23 heavy (non-hydrogen) atoms. The first-order valence-corrected chi connectivity index (χ1v) is 10.3. The van der Waals surface area contributed by atoms with Crippen LogP contribution < -0.4 is 5.32 Å². The van der Waals surface area contributed by atoms with E-state index in [2.05, 4.69) is 17.1 Å². The molecule has 3 nitrogen and oxygen atoms in total. The van der Waals surface area contributed by atoms with E-state index in [1.165, 1.54) is 58.0 Å².